The normalized spacial score (nSPS) is 23.1. The van der Waals surface area contributed by atoms with Crippen LogP contribution in [-0.4, -0.2) is 47.1 Å². The number of anilines is 1. The van der Waals surface area contributed by atoms with Gasteiger partial charge in [-0.1, -0.05) is 6.07 Å². The average Bonchev–Trinajstić information content (AvgIpc) is 2.46. The van der Waals surface area contributed by atoms with E-state index in [1.165, 1.54) is 6.42 Å². The Balaban J connectivity index is 1.53. The van der Waals surface area contributed by atoms with Crippen LogP contribution < -0.4 is 5.32 Å². The van der Waals surface area contributed by atoms with Gasteiger partial charge < -0.3 is 10.1 Å². The van der Waals surface area contributed by atoms with Gasteiger partial charge in [-0.15, -0.1) is 0 Å². The minimum absolute atomic E-state index is 0.00850. The number of carbonyl (C=O) groups excluding carboxylic acids is 1. The fourth-order valence-electron chi connectivity index (χ4n) is 2.94. The molecule has 108 valence electrons. The highest BCUT2D eigenvalue weighted by atomic mass is 16.5. The fraction of sp³-hybridized carbons (Fsp3) is 0.600. The lowest BCUT2D eigenvalue weighted by molar-refractivity contribution is -0.175. The number of nitrogens with one attached hydrogen (secondary N) is 1. The van der Waals surface area contributed by atoms with Crippen LogP contribution in [-0.2, 0) is 9.53 Å². The molecule has 1 aromatic heterocycles. The first-order valence-electron chi connectivity index (χ1n) is 7.28. The Morgan fingerprint density at radius 3 is 2.70 bits per heavy atom. The molecule has 0 aliphatic carbocycles. The number of aromatic nitrogens is 1. The monoisotopic (exact) mass is 275 g/mol. The molecule has 1 unspecified atom stereocenters. The Morgan fingerprint density at radius 2 is 2.15 bits per heavy atom. The second-order valence-electron chi connectivity index (χ2n) is 5.70. The summed E-state index contributed by atoms with van der Waals surface area (Å²) in [5.41, 5.74) is 0.133. The highest BCUT2D eigenvalue weighted by molar-refractivity contribution is 5.93. The summed E-state index contributed by atoms with van der Waals surface area (Å²) in [6.07, 6.45) is 4.93. The molecule has 5 nitrogen and oxygen atoms in total. The molecule has 2 fully saturated rings. The predicted octanol–water partition coefficient (Wildman–Crippen LogP) is 1.66. The summed E-state index contributed by atoms with van der Waals surface area (Å²) in [5, 5.41) is 2.86. The summed E-state index contributed by atoms with van der Waals surface area (Å²) in [7, 11) is 0. The van der Waals surface area contributed by atoms with Gasteiger partial charge in [-0.05, 0) is 38.3 Å². The van der Waals surface area contributed by atoms with Crippen LogP contribution in [0.25, 0.3) is 0 Å². The molecule has 5 heteroatoms. The van der Waals surface area contributed by atoms with E-state index in [1.807, 2.05) is 19.1 Å². The van der Waals surface area contributed by atoms with Gasteiger partial charge in [0.2, 0.25) is 5.91 Å². The van der Waals surface area contributed by atoms with Gasteiger partial charge in [-0.3, -0.25) is 9.69 Å². The second-order valence-corrected chi connectivity index (χ2v) is 5.70. The number of nitrogens with zero attached hydrogens (tertiary/aromatic N) is 2. The number of rotatable bonds is 3. The Bertz CT molecular complexity index is 463. The number of pyridine rings is 1. The van der Waals surface area contributed by atoms with E-state index in [0.717, 1.165) is 32.5 Å². The van der Waals surface area contributed by atoms with Crippen LogP contribution in [0.4, 0.5) is 5.82 Å². The molecule has 3 rings (SSSR count). The molecule has 0 bridgehead atoms. The van der Waals surface area contributed by atoms with Gasteiger partial charge in [-0.25, -0.2) is 4.98 Å². The van der Waals surface area contributed by atoms with Crippen molar-refractivity contribution in [1.82, 2.24) is 9.88 Å². The Morgan fingerprint density at radius 1 is 1.40 bits per heavy atom. The van der Waals surface area contributed by atoms with Crippen LogP contribution in [0.1, 0.15) is 26.2 Å². The van der Waals surface area contributed by atoms with Gasteiger partial charge in [-0.2, -0.15) is 0 Å². The SMILES string of the molecule is CC(C(=O)Nc1ccccn1)N1CCC2(CCO2)CC1. The van der Waals surface area contributed by atoms with E-state index < -0.39 is 0 Å². The lowest BCUT2D eigenvalue weighted by atomic mass is 9.84. The molecule has 1 aromatic rings. The maximum absolute atomic E-state index is 12.2. The van der Waals surface area contributed by atoms with Crippen LogP contribution in [0.5, 0.6) is 0 Å². The number of amides is 1. The van der Waals surface area contributed by atoms with Crippen LogP contribution in [0.2, 0.25) is 0 Å². The highest BCUT2D eigenvalue weighted by Crippen LogP contribution is 2.37. The third-order valence-electron chi connectivity index (χ3n) is 4.52. The van der Waals surface area contributed by atoms with Crippen molar-refractivity contribution < 1.29 is 9.53 Å². The summed E-state index contributed by atoms with van der Waals surface area (Å²) >= 11 is 0. The molecule has 20 heavy (non-hydrogen) atoms. The van der Waals surface area contributed by atoms with Crippen molar-refractivity contribution in [3.63, 3.8) is 0 Å². The zero-order chi connectivity index (χ0) is 14.0. The smallest absolute Gasteiger partial charge is 0.242 e. The number of carbonyl (C=O) groups is 1. The third kappa shape index (κ3) is 2.69. The zero-order valence-electron chi connectivity index (χ0n) is 11.8. The first-order valence-corrected chi connectivity index (χ1v) is 7.28. The molecule has 0 saturated carbocycles. The number of piperidine rings is 1. The molecule has 2 saturated heterocycles. The van der Waals surface area contributed by atoms with Gasteiger partial charge in [0.1, 0.15) is 5.82 Å². The molecule has 0 radical (unpaired) electrons. The molecular weight excluding hydrogens is 254 g/mol. The number of ether oxygens (including phenoxy) is 1. The second kappa shape index (κ2) is 5.50. The number of hydrogen-bond acceptors (Lipinski definition) is 4. The summed E-state index contributed by atoms with van der Waals surface area (Å²) in [6, 6.07) is 5.38. The maximum Gasteiger partial charge on any atom is 0.242 e. The number of hydrogen-bond donors (Lipinski definition) is 1. The van der Waals surface area contributed by atoms with Gasteiger partial charge in [0.05, 0.1) is 18.2 Å². The van der Waals surface area contributed by atoms with Gasteiger partial charge in [0.15, 0.2) is 0 Å². The standard InChI is InChI=1S/C15H21N3O2/c1-12(14(19)17-13-4-2-3-8-16-13)18-9-5-15(6-10-18)7-11-20-15/h2-4,8,12H,5-7,9-11H2,1H3,(H,16,17,19). The predicted molar refractivity (Wildman–Crippen MR) is 76.4 cm³/mol. The highest BCUT2D eigenvalue weighted by Gasteiger charge is 2.42. The van der Waals surface area contributed by atoms with Crippen molar-refractivity contribution in [2.45, 2.75) is 37.8 Å². The molecule has 1 atom stereocenters. The van der Waals surface area contributed by atoms with Gasteiger partial charge in [0.25, 0.3) is 0 Å². The third-order valence-corrected chi connectivity index (χ3v) is 4.52. The van der Waals surface area contributed by atoms with E-state index in [-0.39, 0.29) is 17.6 Å². The minimum atomic E-state index is -0.130. The lowest BCUT2D eigenvalue weighted by Crippen LogP contribution is -2.55. The first kappa shape index (κ1) is 13.5. The molecule has 1 amide bonds. The van der Waals surface area contributed by atoms with Crippen molar-refractivity contribution in [2.24, 2.45) is 0 Å². The van der Waals surface area contributed by atoms with Crippen molar-refractivity contribution in [1.29, 1.82) is 0 Å². The Hall–Kier alpha value is -1.46. The Labute approximate surface area is 119 Å². The van der Waals surface area contributed by atoms with Crippen molar-refractivity contribution in [2.75, 3.05) is 25.0 Å². The average molecular weight is 275 g/mol. The van der Waals surface area contributed by atoms with E-state index in [4.69, 9.17) is 4.74 Å². The number of likely N-dealkylation sites (tertiary alicyclic amines) is 1. The van der Waals surface area contributed by atoms with Crippen LogP contribution in [0.15, 0.2) is 24.4 Å². The Kier molecular flexibility index (Phi) is 3.72. The summed E-state index contributed by atoms with van der Waals surface area (Å²) in [6.45, 7) is 4.71. The molecule has 2 aliphatic rings. The van der Waals surface area contributed by atoms with Crippen molar-refractivity contribution >= 4 is 11.7 Å². The summed E-state index contributed by atoms with van der Waals surface area (Å²) in [5.74, 6) is 0.620. The quantitative estimate of drug-likeness (QED) is 0.911. The topological polar surface area (TPSA) is 54.5 Å². The van der Waals surface area contributed by atoms with Crippen molar-refractivity contribution in [3.8, 4) is 0 Å². The van der Waals surface area contributed by atoms with Crippen LogP contribution in [0.3, 0.4) is 0 Å². The van der Waals surface area contributed by atoms with E-state index in [2.05, 4.69) is 15.2 Å². The minimum Gasteiger partial charge on any atom is -0.375 e. The van der Waals surface area contributed by atoms with E-state index in [9.17, 15) is 4.79 Å². The van der Waals surface area contributed by atoms with Crippen LogP contribution >= 0.6 is 0 Å². The maximum atomic E-state index is 12.2. The summed E-state index contributed by atoms with van der Waals surface area (Å²) < 4.78 is 5.71. The van der Waals surface area contributed by atoms with E-state index >= 15 is 0 Å². The fourth-order valence-corrected chi connectivity index (χ4v) is 2.94. The van der Waals surface area contributed by atoms with Crippen molar-refractivity contribution in [3.05, 3.63) is 24.4 Å². The molecule has 2 aliphatic heterocycles. The molecule has 1 spiro atoms. The molecule has 3 heterocycles. The molecular formula is C15H21N3O2. The molecule has 1 N–H and O–H groups in total. The van der Waals surface area contributed by atoms with E-state index in [1.54, 1.807) is 12.3 Å². The van der Waals surface area contributed by atoms with E-state index in [0.29, 0.717) is 5.82 Å². The zero-order valence-corrected chi connectivity index (χ0v) is 11.8. The lowest BCUT2D eigenvalue weighted by Gasteiger charge is -2.48. The van der Waals surface area contributed by atoms with Gasteiger partial charge >= 0.3 is 0 Å². The van der Waals surface area contributed by atoms with Crippen LogP contribution in [0, 0.1) is 0 Å². The molecule has 0 aromatic carbocycles. The summed E-state index contributed by atoms with van der Waals surface area (Å²) in [4.78, 5) is 18.6. The first-order chi connectivity index (χ1) is 9.69. The largest absolute Gasteiger partial charge is 0.375 e. The van der Waals surface area contributed by atoms with Gasteiger partial charge in [0, 0.05) is 19.3 Å².